The van der Waals surface area contributed by atoms with Gasteiger partial charge in [0.15, 0.2) is 0 Å². The molecule has 0 radical (unpaired) electrons. The minimum absolute atomic E-state index is 0.0856. The van der Waals surface area contributed by atoms with Crippen LogP contribution in [0.25, 0.3) is 10.6 Å². The zero-order valence-corrected chi connectivity index (χ0v) is 14.2. The lowest BCUT2D eigenvalue weighted by atomic mass is 10.2. The average Bonchev–Trinajstić information content (AvgIpc) is 2.98. The summed E-state index contributed by atoms with van der Waals surface area (Å²) in [7, 11) is 0. The third kappa shape index (κ3) is 4.10. The number of carbonyl (C=O) groups is 1. The zero-order valence-electron chi connectivity index (χ0n) is 11.8. The van der Waals surface area contributed by atoms with Crippen LogP contribution in [-0.2, 0) is 11.2 Å². The van der Waals surface area contributed by atoms with Gasteiger partial charge in [-0.1, -0.05) is 47.5 Å². The molecule has 0 spiro atoms. The Balaban J connectivity index is 1.69. The summed E-state index contributed by atoms with van der Waals surface area (Å²) in [4.78, 5) is 16.4. The minimum atomic E-state index is -0.402. The molecule has 0 aliphatic carbocycles. The van der Waals surface area contributed by atoms with Gasteiger partial charge in [-0.2, -0.15) is 0 Å². The maximum atomic E-state index is 12.0. The highest BCUT2D eigenvalue weighted by atomic mass is 35.5. The maximum Gasteiger partial charge on any atom is 0.317 e. The smallest absolute Gasteiger partial charge is 0.317 e. The van der Waals surface area contributed by atoms with E-state index in [1.165, 1.54) is 11.3 Å². The number of esters is 1. The van der Waals surface area contributed by atoms with Crippen LogP contribution in [0.3, 0.4) is 0 Å². The molecule has 0 unspecified atom stereocenters. The molecule has 116 valence electrons. The number of halogens is 2. The van der Waals surface area contributed by atoms with E-state index in [9.17, 15) is 4.79 Å². The van der Waals surface area contributed by atoms with E-state index in [0.717, 1.165) is 10.6 Å². The Morgan fingerprint density at radius 1 is 1.13 bits per heavy atom. The molecule has 2 aromatic carbocycles. The van der Waals surface area contributed by atoms with Crippen molar-refractivity contribution in [2.24, 2.45) is 0 Å². The Hall–Kier alpha value is -1.88. The van der Waals surface area contributed by atoms with Crippen LogP contribution in [0.4, 0.5) is 0 Å². The van der Waals surface area contributed by atoms with Gasteiger partial charge in [-0.05, 0) is 24.3 Å². The van der Waals surface area contributed by atoms with Gasteiger partial charge in [0.05, 0.1) is 17.1 Å². The fourth-order valence-electron chi connectivity index (χ4n) is 1.98. The third-order valence-corrected chi connectivity index (χ3v) is 4.50. The first-order chi connectivity index (χ1) is 11.1. The topological polar surface area (TPSA) is 39.2 Å². The Kier molecular flexibility index (Phi) is 4.96. The fourth-order valence-corrected chi connectivity index (χ4v) is 3.16. The molecule has 3 aromatic rings. The van der Waals surface area contributed by atoms with Crippen LogP contribution >= 0.6 is 34.5 Å². The molecule has 0 fully saturated rings. The molecule has 0 aliphatic heterocycles. The van der Waals surface area contributed by atoms with Crippen molar-refractivity contribution >= 4 is 40.5 Å². The van der Waals surface area contributed by atoms with Crippen molar-refractivity contribution in [1.82, 2.24) is 4.98 Å². The summed E-state index contributed by atoms with van der Waals surface area (Å²) >= 11 is 13.4. The lowest BCUT2D eigenvalue weighted by Crippen LogP contribution is -2.11. The summed E-state index contributed by atoms with van der Waals surface area (Å²) in [5.74, 6) is -0.0505. The molecule has 3 rings (SSSR count). The molecule has 1 heterocycles. The molecule has 0 amide bonds. The molecule has 1 aromatic heterocycles. The van der Waals surface area contributed by atoms with Gasteiger partial charge >= 0.3 is 5.97 Å². The Morgan fingerprint density at radius 3 is 2.74 bits per heavy atom. The lowest BCUT2D eigenvalue weighted by molar-refractivity contribution is -0.133. The second-order valence-corrected chi connectivity index (χ2v) is 6.44. The van der Waals surface area contributed by atoms with E-state index >= 15 is 0 Å². The van der Waals surface area contributed by atoms with Crippen LogP contribution in [0.5, 0.6) is 5.75 Å². The first-order valence-corrected chi connectivity index (χ1v) is 8.41. The highest BCUT2D eigenvalue weighted by molar-refractivity contribution is 7.13. The largest absolute Gasteiger partial charge is 0.425 e. The van der Waals surface area contributed by atoms with Crippen LogP contribution in [0.2, 0.25) is 10.0 Å². The fraction of sp³-hybridized carbons (Fsp3) is 0.0588. The molecule has 0 bridgehead atoms. The predicted molar refractivity (Wildman–Crippen MR) is 93.4 cm³/mol. The number of carbonyl (C=O) groups excluding carboxylic acids is 1. The molecule has 0 atom stereocenters. The van der Waals surface area contributed by atoms with Gasteiger partial charge in [0.25, 0.3) is 0 Å². The number of ether oxygens (including phenoxy) is 1. The standard InChI is InChI=1S/C17H11Cl2NO2S/c18-12-5-3-4-11(8-12)17-20-13(10-23-17)9-16(21)22-15-7-2-1-6-14(15)19/h1-8,10H,9H2. The number of hydrogen-bond donors (Lipinski definition) is 0. The molecule has 3 nitrogen and oxygen atoms in total. The molecule has 6 heteroatoms. The van der Waals surface area contributed by atoms with Gasteiger partial charge in [0, 0.05) is 16.0 Å². The molecule has 23 heavy (non-hydrogen) atoms. The van der Waals surface area contributed by atoms with E-state index in [1.807, 2.05) is 23.6 Å². The van der Waals surface area contributed by atoms with Gasteiger partial charge in [-0.3, -0.25) is 4.79 Å². The normalized spacial score (nSPS) is 10.5. The molecule has 0 saturated heterocycles. The highest BCUT2D eigenvalue weighted by Gasteiger charge is 2.12. The first kappa shape index (κ1) is 16.0. The van der Waals surface area contributed by atoms with Crippen molar-refractivity contribution in [3.8, 4) is 16.3 Å². The van der Waals surface area contributed by atoms with Gasteiger partial charge in [-0.25, -0.2) is 4.98 Å². The summed E-state index contributed by atoms with van der Waals surface area (Å²) in [5, 5.41) is 3.70. The van der Waals surface area contributed by atoms with Crippen LogP contribution in [0, 0.1) is 0 Å². The summed E-state index contributed by atoms with van der Waals surface area (Å²) in [6.45, 7) is 0. The Morgan fingerprint density at radius 2 is 1.96 bits per heavy atom. The Bertz CT molecular complexity index is 848. The molecule has 0 N–H and O–H groups in total. The van der Waals surface area contributed by atoms with E-state index in [0.29, 0.717) is 21.5 Å². The second-order valence-electron chi connectivity index (χ2n) is 4.74. The van der Waals surface area contributed by atoms with Crippen molar-refractivity contribution in [2.45, 2.75) is 6.42 Å². The highest BCUT2D eigenvalue weighted by Crippen LogP contribution is 2.27. The number of nitrogens with zero attached hydrogens (tertiary/aromatic N) is 1. The third-order valence-electron chi connectivity index (χ3n) is 3.01. The van der Waals surface area contributed by atoms with Crippen molar-refractivity contribution in [3.05, 3.63) is 69.7 Å². The van der Waals surface area contributed by atoms with Gasteiger partial charge in [0.1, 0.15) is 10.8 Å². The van der Waals surface area contributed by atoms with Gasteiger partial charge in [0.2, 0.25) is 0 Å². The first-order valence-electron chi connectivity index (χ1n) is 6.77. The van der Waals surface area contributed by atoms with Gasteiger partial charge in [-0.15, -0.1) is 11.3 Å². The van der Waals surface area contributed by atoms with E-state index in [4.69, 9.17) is 27.9 Å². The van der Waals surface area contributed by atoms with Crippen molar-refractivity contribution in [3.63, 3.8) is 0 Å². The van der Waals surface area contributed by atoms with Crippen LogP contribution in [-0.4, -0.2) is 11.0 Å². The van der Waals surface area contributed by atoms with E-state index < -0.39 is 5.97 Å². The number of thiazole rings is 1. The van der Waals surface area contributed by atoms with Gasteiger partial charge < -0.3 is 4.74 Å². The van der Waals surface area contributed by atoms with Crippen molar-refractivity contribution in [2.75, 3.05) is 0 Å². The van der Waals surface area contributed by atoms with E-state index in [2.05, 4.69) is 4.98 Å². The van der Waals surface area contributed by atoms with Crippen molar-refractivity contribution < 1.29 is 9.53 Å². The molecular formula is C17H11Cl2NO2S. The van der Waals surface area contributed by atoms with E-state index in [1.54, 1.807) is 30.3 Å². The monoisotopic (exact) mass is 363 g/mol. The second kappa shape index (κ2) is 7.13. The summed E-state index contributed by atoms with van der Waals surface area (Å²) in [5.41, 5.74) is 1.58. The Labute approximate surface area is 147 Å². The number of benzene rings is 2. The quantitative estimate of drug-likeness (QED) is 0.468. The molecule has 0 saturated carbocycles. The van der Waals surface area contributed by atoms with Crippen LogP contribution < -0.4 is 4.74 Å². The summed E-state index contributed by atoms with van der Waals surface area (Å²) < 4.78 is 5.26. The van der Waals surface area contributed by atoms with Crippen LogP contribution in [0.15, 0.2) is 53.9 Å². The SMILES string of the molecule is O=C(Cc1csc(-c2cccc(Cl)c2)n1)Oc1ccccc1Cl. The molecule has 0 aliphatic rings. The molecular weight excluding hydrogens is 353 g/mol. The summed E-state index contributed by atoms with van der Waals surface area (Å²) in [6, 6.07) is 14.3. The number of rotatable bonds is 4. The zero-order chi connectivity index (χ0) is 16.2. The maximum absolute atomic E-state index is 12.0. The van der Waals surface area contributed by atoms with Crippen LogP contribution in [0.1, 0.15) is 5.69 Å². The lowest BCUT2D eigenvalue weighted by Gasteiger charge is -2.04. The number of para-hydroxylation sites is 1. The number of hydrogen-bond acceptors (Lipinski definition) is 4. The number of aromatic nitrogens is 1. The summed E-state index contributed by atoms with van der Waals surface area (Å²) in [6.07, 6.45) is 0.0856. The van der Waals surface area contributed by atoms with Crippen molar-refractivity contribution in [1.29, 1.82) is 0 Å². The van der Waals surface area contributed by atoms with E-state index in [-0.39, 0.29) is 6.42 Å². The minimum Gasteiger partial charge on any atom is -0.425 e. The predicted octanol–water partition coefficient (Wildman–Crippen LogP) is 5.27. The average molecular weight is 364 g/mol.